The summed E-state index contributed by atoms with van der Waals surface area (Å²) in [6.45, 7) is 0.114. The van der Waals surface area contributed by atoms with Crippen molar-refractivity contribution in [2.75, 3.05) is 13.9 Å². The minimum Gasteiger partial charge on any atom is -0.503 e. The number of benzene rings is 3. The zero-order chi connectivity index (χ0) is 25.7. The summed E-state index contributed by atoms with van der Waals surface area (Å²) >= 11 is 6.63. The lowest BCUT2D eigenvalue weighted by Crippen LogP contribution is -2.32. The number of nitrogens with zero attached hydrogens (tertiary/aromatic N) is 1. The third kappa shape index (κ3) is 5.69. The summed E-state index contributed by atoms with van der Waals surface area (Å²) in [4.78, 5) is 25.8. The van der Waals surface area contributed by atoms with Crippen molar-refractivity contribution in [1.29, 1.82) is 0 Å². The molecule has 0 aromatic heterocycles. The molecule has 3 N–H and O–H groups in total. The van der Waals surface area contributed by atoms with E-state index in [0.717, 1.165) is 0 Å². The third-order valence-electron chi connectivity index (χ3n) is 5.00. The number of halogens is 2. The summed E-state index contributed by atoms with van der Waals surface area (Å²) < 4.78 is 16.7. The van der Waals surface area contributed by atoms with Gasteiger partial charge in [-0.1, -0.05) is 24.3 Å². The topological polar surface area (TPSA) is 118 Å². The fourth-order valence-electron chi connectivity index (χ4n) is 3.19. The number of hydrogen-bond acceptors (Lipinski definition) is 7. The predicted molar refractivity (Wildman–Crippen MR) is 140 cm³/mol. The van der Waals surface area contributed by atoms with Crippen LogP contribution in [0.1, 0.15) is 21.5 Å². The van der Waals surface area contributed by atoms with Gasteiger partial charge < -0.3 is 24.6 Å². The van der Waals surface area contributed by atoms with Crippen LogP contribution in [0.2, 0.25) is 0 Å². The van der Waals surface area contributed by atoms with Crippen LogP contribution in [-0.4, -0.2) is 37.0 Å². The van der Waals surface area contributed by atoms with Crippen molar-refractivity contribution in [3.63, 3.8) is 0 Å². The summed E-state index contributed by atoms with van der Waals surface area (Å²) in [5.74, 6) is 0.148. The number of carbonyl (C=O) groups is 2. The average Bonchev–Trinajstić information content (AvgIpc) is 3.36. The number of phenols is 1. The highest BCUT2D eigenvalue weighted by molar-refractivity contribution is 9.13. The molecule has 0 unspecified atom stereocenters. The van der Waals surface area contributed by atoms with Crippen molar-refractivity contribution in [2.45, 2.75) is 0 Å². The molecule has 9 nitrogen and oxygen atoms in total. The van der Waals surface area contributed by atoms with Crippen LogP contribution in [-0.2, 0) is 4.79 Å². The Hall–Kier alpha value is -3.83. The van der Waals surface area contributed by atoms with E-state index in [4.69, 9.17) is 14.2 Å². The number of aromatic hydroxyl groups is 1. The number of nitrogens with one attached hydrogen (secondary N) is 2. The number of methoxy groups -OCH3 is 1. The Balaban J connectivity index is 1.59. The van der Waals surface area contributed by atoms with Crippen molar-refractivity contribution in [3.8, 4) is 23.0 Å². The molecule has 184 valence electrons. The van der Waals surface area contributed by atoms with Crippen LogP contribution >= 0.6 is 31.9 Å². The summed E-state index contributed by atoms with van der Waals surface area (Å²) in [5, 5.41) is 16.7. The molecule has 2 amide bonds. The second-order valence-electron chi connectivity index (χ2n) is 7.33. The van der Waals surface area contributed by atoms with Gasteiger partial charge in [-0.15, -0.1) is 0 Å². The van der Waals surface area contributed by atoms with Crippen LogP contribution in [0.15, 0.2) is 74.3 Å². The molecular formula is C25H19Br2N3O6. The number of fused-ring (bicyclic) bond motifs is 1. The number of ether oxygens (including phenoxy) is 3. The Bertz CT molecular complexity index is 1380. The largest absolute Gasteiger partial charge is 0.503 e. The molecule has 1 aliphatic rings. The van der Waals surface area contributed by atoms with Gasteiger partial charge in [-0.05, 0) is 73.8 Å². The lowest BCUT2D eigenvalue weighted by Gasteiger charge is -2.10. The quantitative estimate of drug-likeness (QED) is 0.203. The smallest absolute Gasteiger partial charge is 0.287 e. The van der Waals surface area contributed by atoms with Gasteiger partial charge in [-0.2, -0.15) is 5.10 Å². The summed E-state index contributed by atoms with van der Waals surface area (Å²) in [6, 6.07) is 15.2. The third-order valence-corrected chi connectivity index (χ3v) is 7.16. The molecule has 0 fully saturated rings. The second kappa shape index (κ2) is 11.3. The molecule has 36 heavy (non-hydrogen) atoms. The summed E-state index contributed by atoms with van der Waals surface area (Å²) in [5.41, 5.74) is 3.89. The van der Waals surface area contributed by atoms with Crippen molar-refractivity contribution in [2.24, 2.45) is 5.10 Å². The van der Waals surface area contributed by atoms with Gasteiger partial charge in [-0.25, -0.2) is 5.43 Å². The maximum Gasteiger partial charge on any atom is 0.287 e. The fraction of sp³-hybridized carbons (Fsp3) is 0.0800. The Morgan fingerprint density at radius 2 is 1.81 bits per heavy atom. The molecule has 0 atom stereocenters. The van der Waals surface area contributed by atoms with Crippen LogP contribution in [0.5, 0.6) is 23.0 Å². The SMILES string of the molecule is COc1cc(/C=N/NC(=O)C(=Cc2ccc3c(c2)OCO3)NC(=O)c2ccccc2)c(Br)c(Br)c1O. The van der Waals surface area contributed by atoms with Crippen molar-refractivity contribution >= 4 is 56.0 Å². The van der Waals surface area contributed by atoms with Gasteiger partial charge in [0.2, 0.25) is 6.79 Å². The number of rotatable bonds is 7. The highest BCUT2D eigenvalue weighted by Gasteiger charge is 2.17. The van der Waals surface area contributed by atoms with Gasteiger partial charge in [0.1, 0.15) is 5.70 Å². The van der Waals surface area contributed by atoms with E-state index in [1.54, 1.807) is 54.6 Å². The van der Waals surface area contributed by atoms with Gasteiger partial charge in [-0.3, -0.25) is 9.59 Å². The Morgan fingerprint density at radius 3 is 2.56 bits per heavy atom. The molecule has 0 aliphatic carbocycles. The number of hydrogen-bond donors (Lipinski definition) is 3. The standard InChI is InChI=1S/C25H19Br2N3O6/c1-34-20-11-16(21(26)22(27)23(20)31)12-28-30-25(33)17(29-24(32)15-5-3-2-4-6-15)9-14-7-8-18-19(10-14)36-13-35-18/h2-12,31H,13H2,1H3,(H,29,32)(H,30,33)/b17-9?,28-12+. The first-order valence-electron chi connectivity index (χ1n) is 10.4. The molecule has 3 aromatic carbocycles. The zero-order valence-electron chi connectivity index (χ0n) is 18.7. The Labute approximate surface area is 223 Å². The number of hydrazone groups is 1. The van der Waals surface area contributed by atoms with E-state index in [1.807, 2.05) is 0 Å². The lowest BCUT2D eigenvalue weighted by atomic mass is 10.1. The second-order valence-corrected chi connectivity index (χ2v) is 8.92. The van der Waals surface area contributed by atoms with Crippen molar-refractivity contribution < 1.29 is 28.9 Å². The van der Waals surface area contributed by atoms with Crippen LogP contribution < -0.4 is 25.0 Å². The van der Waals surface area contributed by atoms with Gasteiger partial charge in [0, 0.05) is 15.6 Å². The summed E-state index contributed by atoms with van der Waals surface area (Å²) in [7, 11) is 1.42. The van der Waals surface area contributed by atoms with E-state index in [0.29, 0.717) is 37.1 Å². The van der Waals surface area contributed by atoms with E-state index in [1.165, 1.54) is 19.4 Å². The van der Waals surface area contributed by atoms with Gasteiger partial charge >= 0.3 is 0 Å². The molecule has 0 saturated heterocycles. The first-order valence-corrected chi connectivity index (χ1v) is 12.0. The maximum absolute atomic E-state index is 13.0. The highest BCUT2D eigenvalue weighted by Crippen LogP contribution is 2.41. The number of phenolic OH excluding ortho intramolecular Hbond substituents is 1. The monoisotopic (exact) mass is 615 g/mol. The first-order chi connectivity index (χ1) is 17.4. The average molecular weight is 617 g/mol. The van der Waals surface area contributed by atoms with E-state index in [9.17, 15) is 14.7 Å². The fourth-order valence-corrected chi connectivity index (χ4v) is 4.02. The van der Waals surface area contributed by atoms with Crippen LogP contribution in [0.3, 0.4) is 0 Å². The van der Waals surface area contributed by atoms with Gasteiger partial charge in [0.15, 0.2) is 23.0 Å². The molecule has 0 bridgehead atoms. The van der Waals surface area contributed by atoms with E-state index >= 15 is 0 Å². The van der Waals surface area contributed by atoms with Crippen molar-refractivity contribution in [3.05, 3.63) is 85.9 Å². The summed E-state index contributed by atoms with van der Waals surface area (Å²) in [6.07, 6.45) is 2.87. The maximum atomic E-state index is 13.0. The Morgan fingerprint density at radius 1 is 1.06 bits per heavy atom. The van der Waals surface area contributed by atoms with E-state index in [-0.39, 0.29) is 24.0 Å². The molecule has 3 aromatic rings. The lowest BCUT2D eigenvalue weighted by molar-refractivity contribution is -0.117. The molecule has 1 aliphatic heterocycles. The van der Waals surface area contributed by atoms with Crippen molar-refractivity contribution in [1.82, 2.24) is 10.7 Å². The molecule has 0 radical (unpaired) electrons. The first kappa shape index (κ1) is 25.3. The molecular weight excluding hydrogens is 598 g/mol. The zero-order valence-corrected chi connectivity index (χ0v) is 21.9. The minimum absolute atomic E-state index is 0.0385. The molecule has 0 spiro atoms. The Kier molecular flexibility index (Phi) is 7.91. The van der Waals surface area contributed by atoms with Crippen LogP contribution in [0.4, 0.5) is 0 Å². The molecule has 0 saturated carbocycles. The molecule has 11 heteroatoms. The minimum atomic E-state index is -0.658. The van der Waals surface area contributed by atoms with Crippen LogP contribution in [0, 0.1) is 0 Å². The van der Waals surface area contributed by atoms with E-state index < -0.39 is 11.8 Å². The molecule has 1 heterocycles. The molecule has 4 rings (SSSR count). The van der Waals surface area contributed by atoms with Gasteiger partial charge in [0.05, 0.1) is 17.8 Å². The number of amides is 2. The predicted octanol–water partition coefficient (Wildman–Crippen LogP) is 4.58. The highest BCUT2D eigenvalue weighted by atomic mass is 79.9. The van der Waals surface area contributed by atoms with Gasteiger partial charge in [0.25, 0.3) is 11.8 Å². The number of carbonyl (C=O) groups excluding carboxylic acids is 2. The van der Waals surface area contributed by atoms with Crippen LogP contribution in [0.25, 0.3) is 6.08 Å². The van der Waals surface area contributed by atoms with E-state index in [2.05, 4.69) is 47.7 Å². The normalized spacial score (nSPS) is 12.5.